The van der Waals surface area contributed by atoms with Crippen molar-refractivity contribution in [2.24, 2.45) is 17.6 Å². The van der Waals surface area contributed by atoms with Gasteiger partial charge in [-0.2, -0.15) is 0 Å². The summed E-state index contributed by atoms with van der Waals surface area (Å²) in [5, 5.41) is 14.0. The normalized spacial score (nSPS) is 14.8. The Bertz CT molecular complexity index is 1340. The van der Waals surface area contributed by atoms with E-state index in [1.165, 1.54) is 4.90 Å². The number of imide groups is 1. The first-order valence-corrected chi connectivity index (χ1v) is 15.8. The van der Waals surface area contributed by atoms with Crippen LogP contribution in [0.15, 0.2) is 91.0 Å². The molecule has 0 bridgehead atoms. The number of nitrogens with two attached hydrogens (primary N) is 1. The Morgan fingerprint density at radius 3 is 1.80 bits per heavy atom. The molecule has 4 N–H and O–H groups in total. The molecule has 45 heavy (non-hydrogen) atoms. The van der Waals surface area contributed by atoms with Crippen molar-refractivity contribution >= 4 is 17.9 Å². The summed E-state index contributed by atoms with van der Waals surface area (Å²) in [7, 11) is 0. The molecule has 242 valence electrons. The third-order valence-electron chi connectivity index (χ3n) is 7.88. The van der Waals surface area contributed by atoms with Crippen LogP contribution in [-0.4, -0.2) is 51.7 Å². The van der Waals surface area contributed by atoms with Gasteiger partial charge in [-0.15, -0.1) is 0 Å². The Morgan fingerprint density at radius 2 is 1.31 bits per heavy atom. The zero-order chi connectivity index (χ0) is 33.0. The molecule has 0 aromatic heterocycles. The molecule has 3 aromatic carbocycles. The number of carbonyl (C=O) groups excluding carboxylic acids is 3. The van der Waals surface area contributed by atoms with Crippen molar-refractivity contribution in [1.29, 1.82) is 0 Å². The van der Waals surface area contributed by atoms with Crippen LogP contribution in [0.1, 0.15) is 64.2 Å². The first-order valence-electron chi connectivity index (χ1n) is 15.8. The van der Waals surface area contributed by atoms with E-state index in [9.17, 15) is 19.5 Å². The van der Waals surface area contributed by atoms with Crippen molar-refractivity contribution < 1.29 is 24.2 Å². The van der Waals surface area contributed by atoms with Crippen LogP contribution in [0.2, 0.25) is 0 Å². The van der Waals surface area contributed by atoms with Gasteiger partial charge in [-0.05, 0) is 62.6 Å². The van der Waals surface area contributed by atoms with E-state index in [-0.39, 0.29) is 18.9 Å². The van der Waals surface area contributed by atoms with Gasteiger partial charge in [0.25, 0.3) is 5.91 Å². The molecule has 0 aliphatic heterocycles. The standard InChI is InChI=1S/C37H49N3O5/c1-6-26(2)33(39-36(44)45-37(3,4)5)35(43)40(25-29-20-14-9-15-21-29)34(42)30(22-27-16-10-7-11-17-27)24-32(41)31(38)23-28-18-12-8-13-19-28/h7-21,26,30-33,41H,6,22-25,38H2,1-5H3,(H,39,44)/t26-,30?,31-,32-,33+/m0/s1. The highest BCUT2D eigenvalue weighted by Gasteiger charge is 2.38. The number of aliphatic hydroxyl groups is 1. The summed E-state index contributed by atoms with van der Waals surface area (Å²) in [6, 6.07) is 26.8. The number of aliphatic hydroxyl groups excluding tert-OH is 1. The van der Waals surface area contributed by atoms with Crippen molar-refractivity contribution in [1.82, 2.24) is 10.2 Å². The zero-order valence-corrected chi connectivity index (χ0v) is 27.2. The quantitative estimate of drug-likeness (QED) is 0.215. The molecule has 1 unspecified atom stereocenters. The van der Waals surface area contributed by atoms with Gasteiger partial charge in [-0.3, -0.25) is 14.5 Å². The second kappa shape index (κ2) is 16.9. The SMILES string of the molecule is CC[C@H](C)[C@@H](NC(=O)OC(C)(C)C)C(=O)N(Cc1ccccc1)C(=O)C(Cc1ccccc1)C[C@H](O)[C@@H](N)Cc1ccccc1. The summed E-state index contributed by atoms with van der Waals surface area (Å²) in [4.78, 5) is 43.0. The molecule has 0 aliphatic rings. The topological polar surface area (TPSA) is 122 Å². The van der Waals surface area contributed by atoms with E-state index < -0.39 is 47.6 Å². The molecule has 0 heterocycles. The number of rotatable bonds is 14. The van der Waals surface area contributed by atoms with Gasteiger partial charge in [0.2, 0.25) is 5.91 Å². The maximum atomic E-state index is 14.5. The molecule has 0 fully saturated rings. The molecule has 3 aromatic rings. The Kier molecular flexibility index (Phi) is 13.3. The minimum atomic E-state index is -1.000. The van der Waals surface area contributed by atoms with Gasteiger partial charge >= 0.3 is 6.09 Å². The molecular formula is C37H49N3O5. The van der Waals surface area contributed by atoms with Gasteiger partial charge in [-0.25, -0.2) is 4.79 Å². The fourth-order valence-electron chi connectivity index (χ4n) is 5.19. The number of amides is 3. The van der Waals surface area contributed by atoms with Crippen molar-refractivity contribution in [2.45, 2.75) is 90.6 Å². The highest BCUT2D eigenvalue weighted by Crippen LogP contribution is 2.23. The molecule has 0 saturated heterocycles. The number of nitrogens with one attached hydrogen (secondary N) is 1. The maximum Gasteiger partial charge on any atom is 0.408 e. The van der Waals surface area contributed by atoms with E-state index in [2.05, 4.69) is 5.32 Å². The first-order chi connectivity index (χ1) is 21.4. The predicted molar refractivity (Wildman–Crippen MR) is 177 cm³/mol. The summed E-state index contributed by atoms with van der Waals surface area (Å²) in [5.41, 5.74) is 8.35. The summed E-state index contributed by atoms with van der Waals surface area (Å²) in [5.74, 6) is -1.99. The van der Waals surface area contributed by atoms with Crippen LogP contribution in [0, 0.1) is 11.8 Å². The van der Waals surface area contributed by atoms with Crippen LogP contribution >= 0.6 is 0 Å². The largest absolute Gasteiger partial charge is 0.444 e. The molecule has 0 spiro atoms. The van der Waals surface area contributed by atoms with E-state index in [0.717, 1.165) is 16.7 Å². The lowest BCUT2D eigenvalue weighted by atomic mass is 9.88. The first kappa shape index (κ1) is 35.5. The highest BCUT2D eigenvalue weighted by atomic mass is 16.6. The monoisotopic (exact) mass is 615 g/mol. The Hall–Kier alpha value is -4.01. The summed E-state index contributed by atoms with van der Waals surface area (Å²) in [6.45, 7) is 9.05. The fourth-order valence-corrected chi connectivity index (χ4v) is 5.19. The number of nitrogens with zero attached hydrogens (tertiary/aromatic N) is 1. The summed E-state index contributed by atoms with van der Waals surface area (Å²) in [6.07, 6.45) is -0.330. The average Bonchev–Trinajstić information content (AvgIpc) is 3.01. The van der Waals surface area contributed by atoms with E-state index in [1.54, 1.807) is 20.8 Å². The Balaban J connectivity index is 1.96. The van der Waals surface area contributed by atoms with Crippen molar-refractivity contribution in [3.8, 4) is 0 Å². The number of hydrogen-bond acceptors (Lipinski definition) is 6. The smallest absolute Gasteiger partial charge is 0.408 e. The van der Waals surface area contributed by atoms with E-state index >= 15 is 0 Å². The van der Waals surface area contributed by atoms with Gasteiger partial charge in [0.1, 0.15) is 11.6 Å². The number of alkyl carbamates (subject to hydrolysis) is 1. The lowest BCUT2D eigenvalue weighted by Crippen LogP contribution is -2.55. The number of hydrogen-bond donors (Lipinski definition) is 3. The molecule has 8 heteroatoms. The number of benzene rings is 3. The average molecular weight is 616 g/mol. The van der Waals surface area contributed by atoms with Crippen LogP contribution in [0.25, 0.3) is 0 Å². The third kappa shape index (κ3) is 11.5. The van der Waals surface area contributed by atoms with Crippen molar-refractivity contribution in [3.05, 3.63) is 108 Å². The van der Waals surface area contributed by atoms with Gasteiger partial charge in [-0.1, -0.05) is 111 Å². The second-order valence-electron chi connectivity index (χ2n) is 12.8. The minimum Gasteiger partial charge on any atom is -0.444 e. The van der Waals surface area contributed by atoms with Gasteiger partial charge < -0.3 is 20.9 Å². The molecular weight excluding hydrogens is 566 g/mol. The van der Waals surface area contributed by atoms with E-state index in [0.29, 0.717) is 19.3 Å². The minimum absolute atomic E-state index is 0.0128. The van der Waals surface area contributed by atoms with Crippen LogP contribution < -0.4 is 11.1 Å². The van der Waals surface area contributed by atoms with Crippen molar-refractivity contribution in [3.63, 3.8) is 0 Å². The Labute approximate surface area is 268 Å². The molecule has 3 rings (SSSR count). The molecule has 3 amide bonds. The van der Waals surface area contributed by atoms with E-state index in [1.807, 2.05) is 105 Å². The predicted octanol–water partition coefficient (Wildman–Crippen LogP) is 5.66. The van der Waals surface area contributed by atoms with Gasteiger partial charge in [0, 0.05) is 12.0 Å². The lowest BCUT2D eigenvalue weighted by Gasteiger charge is -2.33. The summed E-state index contributed by atoms with van der Waals surface area (Å²) < 4.78 is 5.47. The van der Waals surface area contributed by atoms with Crippen LogP contribution in [0.5, 0.6) is 0 Å². The van der Waals surface area contributed by atoms with E-state index in [4.69, 9.17) is 10.5 Å². The number of carbonyl (C=O) groups is 3. The summed E-state index contributed by atoms with van der Waals surface area (Å²) >= 11 is 0. The highest BCUT2D eigenvalue weighted by molar-refractivity contribution is 6.00. The second-order valence-corrected chi connectivity index (χ2v) is 12.8. The van der Waals surface area contributed by atoms with Gasteiger partial charge in [0.15, 0.2) is 0 Å². The molecule has 8 nitrogen and oxygen atoms in total. The molecule has 0 aliphatic carbocycles. The lowest BCUT2D eigenvalue weighted by molar-refractivity contribution is -0.151. The fraction of sp³-hybridized carbons (Fsp3) is 0.432. The van der Waals surface area contributed by atoms with Crippen LogP contribution in [0.4, 0.5) is 4.79 Å². The van der Waals surface area contributed by atoms with Crippen molar-refractivity contribution in [2.75, 3.05) is 0 Å². The Morgan fingerprint density at radius 1 is 0.822 bits per heavy atom. The third-order valence-corrected chi connectivity index (χ3v) is 7.88. The molecule has 5 atom stereocenters. The van der Waals surface area contributed by atoms with Crippen LogP contribution in [-0.2, 0) is 33.7 Å². The van der Waals surface area contributed by atoms with Crippen LogP contribution in [0.3, 0.4) is 0 Å². The van der Waals surface area contributed by atoms with Gasteiger partial charge in [0.05, 0.1) is 12.6 Å². The molecule has 0 radical (unpaired) electrons. The number of ether oxygens (including phenoxy) is 1. The molecule has 0 saturated carbocycles. The maximum absolute atomic E-state index is 14.5. The zero-order valence-electron chi connectivity index (χ0n) is 27.2.